The Labute approximate surface area is 72.0 Å². The molecule has 0 aliphatic rings. The molecule has 62 valence electrons. The normalized spacial score (nSPS) is 11.8. The highest BCUT2D eigenvalue weighted by Gasteiger charge is 2.11. The van der Waals surface area contributed by atoms with Crippen LogP contribution in [0.1, 0.15) is 6.92 Å². The van der Waals surface area contributed by atoms with Gasteiger partial charge in [0.05, 0.1) is 0 Å². The Morgan fingerprint density at radius 2 is 2.30 bits per heavy atom. The first kappa shape index (κ1) is 12.7. The number of rotatable bonds is 4. The van der Waals surface area contributed by atoms with E-state index in [0.29, 0.717) is 12.3 Å². The zero-order valence-electron chi connectivity index (χ0n) is 5.70. The minimum Gasteiger partial charge on any atom is -0.480 e. The molecule has 0 aromatic carbocycles. The Balaban J connectivity index is 0. The van der Waals surface area contributed by atoms with Crippen molar-refractivity contribution in [2.75, 3.05) is 12.3 Å². The molecule has 1 unspecified atom stereocenters. The summed E-state index contributed by atoms with van der Waals surface area (Å²) in [7, 11) is 0. The van der Waals surface area contributed by atoms with Gasteiger partial charge in [0.1, 0.15) is 6.04 Å². The molecule has 0 saturated heterocycles. The van der Waals surface area contributed by atoms with Crippen LogP contribution in [0.5, 0.6) is 0 Å². The molecule has 2 N–H and O–H groups in total. The summed E-state index contributed by atoms with van der Waals surface area (Å²) >= 11 is 3.85. The van der Waals surface area contributed by atoms with Gasteiger partial charge in [0.25, 0.3) is 0 Å². The molecule has 0 rings (SSSR count). The number of carboxylic acid groups (broad SMARTS) is 1. The molecule has 0 radical (unpaired) electrons. The van der Waals surface area contributed by atoms with Crippen molar-refractivity contribution in [1.82, 2.24) is 5.32 Å². The number of carboxylic acids is 1. The largest absolute Gasteiger partial charge is 0.480 e. The van der Waals surface area contributed by atoms with E-state index in [4.69, 9.17) is 5.11 Å². The molecule has 1 atom stereocenters. The maximum absolute atomic E-state index is 10.2. The van der Waals surface area contributed by atoms with Crippen LogP contribution in [0.15, 0.2) is 0 Å². The van der Waals surface area contributed by atoms with Crippen LogP contribution >= 0.6 is 25.0 Å². The van der Waals surface area contributed by atoms with Crippen molar-refractivity contribution in [3.8, 4) is 0 Å². The van der Waals surface area contributed by atoms with Crippen LogP contribution in [-0.2, 0) is 4.79 Å². The minimum atomic E-state index is -0.841. The van der Waals surface area contributed by atoms with Crippen molar-refractivity contribution < 1.29 is 9.90 Å². The maximum atomic E-state index is 10.2. The predicted molar refractivity (Wildman–Crippen MR) is 46.2 cm³/mol. The van der Waals surface area contributed by atoms with Crippen molar-refractivity contribution in [3.05, 3.63) is 0 Å². The van der Waals surface area contributed by atoms with E-state index in [1.165, 1.54) is 0 Å². The molecule has 0 aliphatic carbocycles. The van der Waals surface area contributed by atoms with Gasteiger partial charge in [-0.25, -0.2) is 0 Å². The van der Waals surface area contributed by atoms with Gasteiger partial charge in [0.15, 0.2) is 0 Å². The van der Waals surface area contributed by atoms with E-state index in [1.54, 1.807) is 0 Å². The highest BCUT2D eigenvalue weighted by Crippen LogP contribution is 1.86. The molecule has 0 bridgehead atoms. The third kappa shape index (κ3) is 4.90. The molecule has 0 saturated carbocycles. The van der Waals surface area contributed by atoms with Gasteiger partial charge in [-0.3, -0.25) is 4.79 Å². The maximum Gasteiger partial charge on any atom is 0.321 e. The van der Waals surface area contributed by atoms with Gasteiger partial charge in [-0.15, -0.1) is 12.4 Å². The zero-order chi connectivity index (χ0) is 7.28. The SMILES string of the molecule is CCNC(CS)C(=O)O.Cl. The second kappa shape index (κ2) is 7.18. The lowest BCUT2D eigenvalue weighted by Crippen LogP contribution is -2.37. The number of hydrogen-bond acceptors (Lipinski definition) is 3. The lowest BCUT2D eigenvalue weighted by atomic mass is 10.3. The number of nitrogens with one attached hydrogen (secondary N) is 1. The molecule has 0 aliphatic heterocycles. The van der Waals surface area contributed by atoms with Gasteiger partial charge in [0.2, 0.25) is 0 Å². The third-order valence-corrected chi connectivity index (χ3v) is 1.30. The average molecular weight is 186 g/mol. The highest BCUT2D eigenvalue weighted by atomic mass is 35.5. The van der Waals surface area contributed by atoms with Gasteiger partial charge in [-0.05, 0) is 6.54 Å². The fourth-order valence-electron chi connectivity index (χ4n) is 0.476. The number of halogens is 1. The van der Waals surface area contributed by atoms with E-state index in [9.17, 15) is 4.79 Å². The number of aliphatic carboxylic acids is 1. The van der Waals surface area contributed by atoms with E-state index in [-0.39, 0.29) is 12.4 Å². The summed E-state index contributed by atoms with van der Waals surface area (Å²) in [5.74, 6) is -0.504. The summed E-state index contributed by atoms with van der Waals surface area (Å²) < 4.78 is 0. The van der Waals surface area contributed by atoms with Crippen molar-refractivity contribution in [2.24, 2.45) is 0 Å². The monoisotopic (exact) mass is 185 g/mol. The molecule has 5 heteroatoms. The number of hydrogen-bond donors (Lipinski definition) is 3. The third-order valence-electron chi connectivity index (χ3n) is 0.931. The molecule has 3 nitrogen and oxygen atoms in total. The first-order chi connectivity index (χ1) is 4.22. The molecule has 0 spiro atoms. The van der Waals surface area contributed by atoms with Crippen molar-refractivity contribution in [3.63, 3.8) is 0 Å². The van der Waals surface area contributed by atoms with Gasteiger partial charge in [-0.2, -0.15) is 12.6 Å². The summed E-state index contributed by atoms with van der Waals surface area (Å²) in [5.41, 5.74) is 0. The van der Waals surface area contributed by atoms with Crippen molar-refractivity contribution in [1.29, 1.82) is 0 Å². The summed E-state index contributed by atoms with van der Waals surface area (Å²) in [6.45, 7) is 2.52. The molecule has 0 aromatic rings. The Bertz CT molecular complexity index is 102. The fraction of sp³-hybridized carbons (Fsp3) is 0.800. The zero-order valence-corrected chi connectivity index (χ0v) is 7.41. The molecular formula is C5H12ClNO2S. The number of thiol groups is 1. The van der Waals surface area contributed by atoms with Crippen molar-refractivity contribution >= 4 is 31.0 Å². The van der Waals surface area contributed by atoms with Gasteiger partial charge < -0.3 is 10.4 Å². The summed E-state index contributed by atoms with van der Waals surface area (Å²) in [4.78, 5) is 10.2. The van der Waals surface area contributed by atoms with E-state index in [0.717, 1.165) is 0 Å². The minimum absolute atomic E-state index is 0. The summed E-state index contributed by atoms with van der Waals surface area (Å²) in [5, 5.41) is 11.1. The number of likely N-dealkylation sites (N-methyl/N-ethyl adjacent to an activating group) is 1. The second-order valence-electron chi connectivity index (χ2n) is 1.63. The molecule has 0 aromatic heterocycles. The van der Waals surface area contributed by atoms with Crippen molar-refractivity contribution in [2.45, 2.75) is 13.0 Å². The average Bonchev–Trinajstić information content (AvgIpc) is 1.82. The molecule has 0 amide bonds. The first-order valence-corrected chi connectivity index (χ1v) is 3.42. The summed E-state index contributed by atoms with van der Waals surface area (Å²) in [6, 6.07) is -0.502. The van der Waals surface area contributed by atoms with E-state index in [2.05, 4.69) is 17.9 Å². The Hall–Kier alpha value is 0.0700. The van der Waals surface area contributed by atoms with E-state index in [1.807, 2.05) is 6.92 Å². The van der Waals surface area contributed by atoms with Gasteiger partial charge in [-0.1, -0.05) is 6.92 Å². The highest BCUT2D eigenvalue weighted by molar-refractivity contribution is 7.80. The Morgan fingerprint density at radius 3 is 2.40 bits per heavy atom. The van der Waals surface area contributed by atoms with Gasteiger partial charge in [0, 0.05) is 5.75 Å². The lowest BCUT2D eigenvalue weighted by Gasteiger charge is -2.07. The van der Waals surface area contributed by atoms with Crippen LogP contribution in [0.2, 0.25) is 0 Å². The number of carbonyl (C=O) groups is 1. The molecule has 0 heterocycles. The van der Waals surface area contributed by atoms with Crippen LogP contribution in [0.25, 0.3) is 0 Å². The molecular weight excluding hydrogens is 174 g/mol. The van der Waals surface area contributed by atoms with E-state index >= 15 is 0 Å². The topological polar surface area (TPSA) is 49.3 Å². The first-order valence-electron chi connectivity index (χ1n) is 2.79. The van der Waals surface area contributed by atoms with Crippen LogP contribution in [-0.4, -0.2) is 29.4 Å². The van der Waals surface area contributed by atoms with E-state index < -0.39 is 12.0 Å². The summed E-state index contributed by atoms with van der Waals surface area (Å²) in [6.07, 6.45) is 0. The lowest BCUT2D eigenvalue weighted by molar-refractivity contribution is -0.138. The Kier molecular flexibility index (Phi) is 9.13. The molecule has 0 fully saturated rings. The van der Waals surface area contributed by atoms with Crippen LogP contribution in [0, 0.1) is 0 Å². The second-order valence-corrected chi connectivity index (χ2v) is 2.00. The van der Waals surface area contributed by atoms with Crippen LogP contribution in [0.4, 0.5) is 0 Å². The fourth-order valence-corrected chi connectivity index (χ4v) is 0.762. The standard InChI is InChI=1S/C5H11NO2S.ClH/c1-2-6-4(3-9)5(7)8;/h4,6,9H,2-3H2,1H3,(H,7,8);1H. The van der Waals surface area contributed by atoms with Crippen LogP contribution in [0.3, 0.4) is 0 Å². The molecule has 10 heavy (non-hydrogen) atoms. The Morgan fingerprint density at radius 1 is 1.80 bits per heavy atom. The quantitative estimate of drug-likeness (QED) is 0.556. The van der Waals surface area contributed by atoms with Gasteiger partial charge >= 0.3 is 5.97 Å². The predicted octanol–water partition coefficient (Wildman–Crippen LogP) is 0.401. The smallest absolute Gasteiger partial charge is 0.321 e. The van der Waals surface area contributed by atoms with Crippen LogP contribution < -0.4 is 5.32 Å².